The third-order valence-electron chi connectivity index (χ3n) is 6.68. The second-order valence-electron chi connectivity index (χ2n) is 11.1. The van der Waals surface area contributed by atoms with Gasteiger partial charge in [-0.1, -0.05) is 55.0 Å². The van der Waals surface area contributed by atoms with Crippen molar-refractivity contribution < 1.29 is 22.7 Å². The van der Waals surface area contributed by atoms with Crippen molar-refractivity contribution in [1.82, 2.24) is 10.2 Å². The molecular weight excluding hydrogens is 538 g/mol. The van der Waals surface area contributed by atoms with E-state index in [9.17, 15) is 18.0 Å². The number of hydrogen-bond acceptors (Lipinski definition) is 5. The number of carbonyl (C=O) groups excluding carboxylic acids is 2. The molecule has 41 heavy (non-hydrogen) atoms. The van der Waals surface area contributed by atoms with Gasteiger partial charge in [0.05, 0.1) is 17.7 Å². The first-order valence-corrected chi connectivity index (χ1v) is 15.1. The number of nitrogens with zero attached hydrogens (tertiary/aromatic N) is 2. The van der Waals surface area contributed by atoms with Crippen LogP contribution in [0.15, 0.2) is 77.7 Å². The zero-order chi connectivity index (χ0) is 30.4. The van der Waals surface area contributed by atoms with Crippen LogP contribution in [0.3, 0.4) is 0 Å². The minimum atomic E-state index is -4.13. The molecule has 1 unspecified atom stereocenters. The van der Waals surface area contributed by atoms with E-state index in [0.29, 0.717) is 17.9 Å². The lowest BCUT2D eigenvalue weighted by molar-refractivity contribution is -0.140. The number of hydrogen-bond donors (Lipinski definition) is 1. The standard InChI is InChI=1S/C32H41N3O5S/c1-8-26-13-9-10-15-29(26)35(41(38,39)28-18-16-23(2)17-19-28)22-30(36)34(24(3)31(37)33-32(4,5)6)21-25-12-11-14-27(20-25)40-7/h9-20,24H,8,21-22H2,1-7H3,(H,33,37). The lowest BCUT2D eigenvalue weighted by Crippen LogP contribution is -2.54. The molecule has 3 rings (SSSR count). The van der Waals surface area contributed by atoms with Crippen LogP contribution in [0, 0.1) is 6.92 Å². The van der Waals surface area contributed by atoms with Crippen LogP contribution < -0.4 is 14.4 Å². The van der Waals surface area contributed by atoms with Gasteiger partial charge in [0, 0.05) is 12.1 Å². The Bertz CT molecular complexity index is 1460. The van der Waals surface area contributed by atoms with E-state index in [1.807, 2.05) is 58.9 Å². The van der Waals surface area contributed by atoms with Gasteiger partial charge in [0.2, 0.25) is 11.8 Å². The zero-order valence-electron chi connectivity index (χ0n) is 25.0. The number of benzene rings is 3. The van der Waals surface area contributed by atoms with Crippen molar-refractivity contribution in [3.63, 3.8) is 0 Å². The lowest BCUT2D eigenvalue weighted by Gasteiger charge is -2.34. The maximum absolute atomic E-state index is 14.1. The molecule has 0 saturated carbocycles. The Morgan fingerprint density at radius 1 is 0.976 bits per heavy atom. The molecular formula is C32H41N3O5S. The molecule has 0 saturated heterocycles. The fraction of sp³-hybridized carbons (Fsp3) is 0.375. The molecule has 9 heteroatoms. The Balaban J connectivity index is 2.08. The Morgan fingerprint density at radius 3 is 2.24 bits per heavy atom. The van der Waals surface area contributed by atoms with Crippen LogP contribution in [0.5, 0.6) is 5.75 Å². The molecule has 1 atom stereocenters. The number of carbonyl (C=O) groups is 2. The average molecular weight is 580 g/mol. The van der Waals surface area contributed by atoms with E-state index in [1.54, 1.807) is 62.6 Å². The Labute approximate surface area is 244 Å². The van der Waals surface area contributed by atoms with E-state index < -0.39 is 34.1 Å². The van der Waals surface area contributed by atoms with Crippen molar-refractivity contribution in [2.45, 2.75) is 71.0 Å². The number of amides is 2. The first kappa shape index (κ1) is 31.7. The minimum absolute atomic E-state index is 0.0830. The van der Waals surface area contributed by atoms with Gasteiger partial charge in [-0.05, 0) is 82.5 Å². The monoisotopic (exact) mass is 579 g/mol. The quantitative estimate of drug-likeness (QED) is 0.341. The van der Waals surface area contributed by atoms with Gasteiger partial charge in [-0.3, -0.25) is 13.9 Å². The summed E-state index contributed by atoms with van der Waals surface area (Å²) in [5.41, 5.74) is 2.36. The molecule has 2 amide bonds. The van der Waals surface area contributed by atoms with E-state index >= 15 is 0 Å². The molecule has 8 nitrogen and oxygen atoms in total. The molecule has 0 aliphatic rings. The second kappa shape index (κ2) is 13.2. The summed E-state index contributed by atoms with van der Waals surface area (Å²) in [4.78, 5) is 28.9. The summed E-state index contributed by atoms with van der Waals surface area (Å²) in [7, 11) is -2.57. The van der Waals surface area contributed by atoms with E-state index in [-0.39, 0.29) is 17.3 Å². The average Bonchev–Trinajstić information content (AvgIpc) is 2.93. The predicted octanol–water partition coefficient (Wildman–Crippen LogP) is 5.09. The van der Waals surface area contributed by atoms with Gasteiger partial charge < -0.3 is 15.0 Å². The van der Waals surface area contributed by atoms with Gasteiger partial charge in [-0.25, -0.2) is 8.42 Å². The summed E-state index contributed by atoms with van der Waals surface area (Å²) in [5, 5.41) is 2.94. The van der Waals surface area contributed by atoms with Gasteiger partial charge >= 0.3 is 0 Å². The van der Waals surface area contributed by atoms with E-state index in [4.69, 9.17) is 4.74 Å². The van der Waals surface area contributed by atoms with Crippen molar-refractivity contribution in [3.8, 4) is 5.75 Å². The van der Waals surface area contributed by atoms with Crippen LogP contribution in [0.1, 0.15) is 51.3 Å². The molecule has 1 N–H and O–H groups in total. The number of ether oxygens (including phenoxy) is 1. The van der Waals surface area contributed by atoms with Crippen molar-refractivity contribution in [2.75, 3.05) is 18.0 Å². The van der Waals surface area contributed by atoms with Crippen LogP contribution in [0.4, 0.5) is 5.69 Å². The van der Waals surface area contributed by atoms with E-state index in [1.165, 1.54) is 4.90 Å². The number of aryl methyl sites for hydroxylation is 2. The highest BCUT2D eigenvalue weighted by atomic mass is 32.2. The summed E-state index contributed by atoms with van der Waals surface area (Å²) in [6.45, 7) is 10.7. The molecule has 0 aliphatic carbocycles. The molecule has 0 radical (unpaired) electrons. The first-order valence-electron chi connectivity index (χ1n) is 13.7. The fourth-order valence-electron chi connectivity index (χ4n) is 4.43. The summed E-state index contributed by atoms with van der Waals surface area (Å²) >= 11 is 0. The smallest absolute Gasteiger partial charge is 0.264 e. The van der Waals surface area contributed by atoms with E-state index in [0.717, 1.165) is 21.0 Å². The van der Waals surface area contributed by atoms with Crippen LogP contribution in [-0.2, 0) is 32.6 Å². The first-order chi connectivity index (χ1) is 19.3. The Morgan fingerprint density at radius 2 is 1.63 bits per heavy atom. The van der Waals surface area contributed by atoms with Crippen LogP contribution in [-0.4, -0.2) is 50.4 Å². The third kappa shape index (κ3) is 8.10. The number of nitrogens with one attached hydrogen (secondary N) is 1. The molecule has 3 aromatic rings. The molecule has 0 heterocycles. The zero-order valence-corrected chi connectivity index (χ0v) is 25.8. The third-order valence-corrected chi connectivity index (χ3v) is 8.46. The molecule has 0 fully saturated rings. The summed E-state index contributed by atoms with van der Waals surface area (Å²) in [6.07, 6.45) is 0.572. The number of anilines is 1. The molecule has 0 aromatic heterocycles. The Hall–Kier alpha value is -3.85. The maximum Gasteiger partial charge on any atom is 0.264 e. The SMILES string of the molecule is CCc1ccccc1N(CC(=O)N(Cc1cccc(OC)c1)C(C)C(=O)NC(C)(C)C)S(=O)(=O)c1ccc(C)cc1. The van der Waals surface area contributed by atoms with Crippen LogP contribution in [0.25, 0.3) is 0 Å². The number of sulfonamides is 1. The van der Waals surface area contributed by atoms with Gasteiger partial charge in [-0.15, -0.1) is 0 Å². The highest BCUT2D eigenvalue weighted by Gasteiger charge is 2.34. The molecule has 0 aliphatic heterocycles. The van der Waals surface area contributed by atoms with Crippen molar-refractivity contribution in [3.05, 3.63) is 89.5 Å². The highest BCUT2D eigenvalue weighted by molar-refractivity contribution is 7.92. The van der Waals surface area contributed by atoms with Gasteiger partial charge in [-0.2, -0.15) is 0 Å². The fourth-order valence-corrected chi connectivity index (χ4v) is 5.88. The highest BCUT2D eigenvalue weighted by Crippen LogP contribution is 2.28. The van der Waals surface area contributed by atoms with Crippen molar-refractivity contribution in [1.29, 1.82) is 0 Å². The van der Waals surface area contributed by atoms with Crippen molar-refractivity contribution in [2.24, 2.45) is 0 Å². The summed E-state index contributed by atoms with van der Waals surface area (Å²) < 4.78 is 34.6. The van der Waals surface area contributed by atoms with Crippen LogP contribution in [0.2, 0.25) is 0 Å². The largest absolute Gasteiger partial charge is 0.497 e. The minimum Gasteiger partial charge on any atom is -0.497 e. The van der Waals surface area contributed by atoms with Gasteiger partial charge in [0.1, 0.15) is 18.3 Å². The van der Waals surface area contributed by atoms with Gasteiger partial charge in [0.25, 0.3) is 10.0 Å². The Kier molecular flexibility index (Phi) is 10.2. The molecule has 0 spiro atoms. The molecule has 0 bridgehead atoms. The van der Waals surface area contributed by atoms with Gasteiger partial charge in [0.15, 0.2) is 0 Å². The molecule has 220 valence electrons. The second-order valence-corrected chi connectivity index (χ2v) is 13.0. The van der Waals surface area contributed by atoms with E-state index in [2.05, 4.69) is 5.32 Å². The topological polar surface area (TPSA) is 96.0 Å². The number of rotatable bonds is 11. The maximum atomic E-state index is 14.1. The summed E-state index contributed by atoms with van der Waals surface area (Å²) in [5.74, 6) is -0.233. The van der Waals surface area contributed by atoms with Crippen molar-refractivity contribution >= 4 is 27.5 Å². The number of para-hydroxylation sites is 1. The lowest BCUT2D eigenvalue weighted by atomic mass is 10.1. The summed E-state index contributed by atoms with van der Waals surface area (Å²) in [6, 6.07) is 20.1. The molecule has 3 aromatic carbocycles. The number of methoxy groups -OCH3 is 1. The van der Waals surface area contributed by atoms with Crippen LogP contribution >= 0.6 is 0 Å². The predicted molar refractivity (Wildman–Crippen MR) is 162 cm³/mol. The normalized spacial score (nSPS) is 12.4.